The molecule has 0 unspecified atom stereocenters. The summed E-state index contributed by atoms with van der Waals surface area (Å²) in [6.07, 6.45) is 2.52. The molecule has 2 rings (SSSR count). The quantitative estimate of drug-likeness (QED) is 0.782. The summed E-state index contributed by atoms with van der Waals surface area (Å²) in [4.78, 5) is 26.9. The predicted molar refractivity (Wildman–Crippen MR) is 70.8 cm³/mol. The van der Waals surface area contributed by atoms with Crippen LogP contribution in [0.2, 0.25) is 0 Å². The van der Waals surface area contributed by atoms with Crippen molar-refractivity contribution in [3.05, 3.63) is 0 Å². The van der Waals surface area contributed by atoms with E-state index in [9.17, 15) is 9.59 Å². The van der Waals surface area contributed by atoms with Crippen molar-refractivity contribution in [1.82, 2.24) is 9.80 Å². The number of nitrogens with zero attached hydrogens (tertiary/aromatic N) is 2. The van der Waals surface area contributed by atoms with E-state index in [0.29, 0.717) is 19.5 Å². The molecule has 0 aromatic carbocycles. The topological polar surface area (TPSA) is 60.9 Å². The van der Waals surface area contributed by atoms with Gasteiger partial charge in [-0.15, -0.1) is 0 Å². The van der Waals surface area contributed by atoms with Crippen molar-refractivity contribution in [2.75, 3.05) is 37.7 Å². The van der Waals surface area contributed by atoms with Crippen LogP contribution < -0.4 is 0 Å². The van der Waals surface area contributed by atoms with Crippen molar-refractivity contribution < 1.29 is 14.7 Å². The van der Waals surface area contributed by atoms with Crippen LogP contribution in [0.15, 0.2) is 0 Å². The molecule has 5 nitrogen and oxygen atoms in total. The van der Waals surface area contributed by atoms with Crippen LogP contribution in [0.3, 0.4) is 0 Å². The summed E-state index contributed by atoms with van der Waals surface area (Å²) in [7, 11) is 0. The van der Waals surface area contributed by atoms with E-state index >= 15 is 0 Å². The van der Waals surface area contributed by atoms with E-state index in [1.807, 2.05) is 16.7 Å². The highest BCUT2D eigenvalue weighted by atomic mass is 32.2. The van der Waals surface area contributed by atoms with Gasteiger partial charge in [0.25, 0.3) is 0 Å². The molecule has 1 atom stereocenters. The Kier molecular flexibility index (Phi) is 4.74. The highest BCUT2D eigenvalue weighted by molar-refractivity contribution is 7.99. The molecule has 2 amide bonds. The largest absolute Gasteiger partial charge is 0.481 e. The van der Waals surface area contributed by atoms with E-state index in [0.717, 1.165) is 37.4 Å². The number of hydrogen-bond acceptors (Lipinski definition) is 3. The molecule has 102 valence electrons. The van der Waals surface area contributed by atoms with Crippen LogP contribution >= 0.6 is 11.8 Å². The van der Waals surface area contributed by atoms with Gasteiger partial charge in [0.2, 0.25) is 0 Å². The van der Waals surface area contributed by atoms with Gasteiger partial charge >= 0.3 is 12.0 Å². The number of carboxylic acid groups (broad SMARTS) is 1. The number of urea groups is 1. The Morgan fingerprint density at radius 1 is 1.06 bits per heavy atom. The van der Waals surface area contributed by atoms with Crippen LogP contribution in [-0.4, -0.2) is 64.6 Å². The summed E-state index contributed by atoms with van der Waals surface area (Å²) in [6.45, 7) is 2.67. The fourth-order valence-electron chi connectivity index (χ4n) is 2.49. The molecule has 0 aromatic rings. The van der Waals surface area contributed by atoms with Crippen molar-refractivity contribution in [1.29, 1.82) is 0 Å². The van der Waals surface area contributed by atoms with Crippen molar-refractivity contribution in [3.63, 3.8) is 0 Å². The fourth-order valence-corrected chi connectivity index (χ4v) is 3.38. The predicted octanol–water partition coefficient (Wildman–Crippen LogP) is 1.34. The van der Waals surface area contributed by atoms with Crippen LogP contribution in [0.25, 0.3) is 0 Å². The fraction of sp³-hybridized carbons (Fsp3) is 0.833. The van der Waals surface area contributed by atoms with Gasteiger partial charge < -0.3 is 14.9 Å². The zero-order chi connectivity index (χ0) is 13.0. The number of amides is 2. The lowest BCUT2D eigenvalue weighted by atomic mass is 9.99. The third kappa shape index (κ3) is 3.31. The smallest absolute Gasteiger partial charge is 0.320 e. The molecule has 2 aliphatic rings. The van der Waals surface area contributed by atoms with E-state index in [1.165, 1.54) is 0 Å². The number of carboxylic acids is 1. The summed E-state index contributed by atoms with van der Waals surface area (Å²) in [5.41, 5.74) is 0. The molecule has 2 aliphatic heterocycles. The number of carbonyl (C=O) groups is 2. The highest BCUT2D eigenvalue weighted by Gasteiger charge is 2.30. The average Bonchev–Trinajstić information content (AvgIpc) is 2.67. The third-order valence-electron chi connectivity index (χ3n) is 3.53. The Balaban J connectivity index is 1.92. The van der Waals surface area contributed by atoms with Crippen molar-refractivity contribution in [3.8, 4) is 0 Å². The van der Waals surface area contributed by atoms with Gasteiger partial charge in [0.15, 0.2) is 0 Å². The lowest BCUT2D eigenvalue weighted by Gasteiger charge is -2.34. The minimum Gasteiger partial charge on any atom is -0.481 e. The number of hydrogen-bond donors (Lipinski definition) is 1. The van der Waals surface area contributed by atoms with Crippen molar-refractivity contribution in [2.24, 2.45) is 5.92 Å². The lowest BCUT2D eigenvalue weighted by molar-refractivity contribution is -0.143. The Morgan fingerprint density at radius 3 is 2.61 bits per heavy atom. The van der Waals surface area contributed by atoms with Crippen molar-refractivity contribution in [2.45, 2.75) is 19.3 Å². The van der Waals surface area contributed by atoms with E-state index < -0.39 is 5.97 Å². The Morgan fingerprint density at radius 2 is 1.83 bits per heavy atom. The molecule has 0 aromatic heterocycles. The van der Waals surface area contributed by atoms with E-state index in [4.69, 9.17) is 5.11 Å². The Bertz CT molecular complexity index is 316. The van der Waals surface area contributed by atoms with Crippen LogP contribution in [0.4, 0.5) is 4.79 Å². The second kappa shape index (κ2) is 6.31. The monoisotopic (exact) mass is 272 g/mol. The maximum atomic E-state index is 12.3. The zero-order valence-electron chi connectivity index (χ0n) is 10.5. The third-order valence-corrected chi connectivity index (χ3v) is 4.58. The van der Waals surface area contributed by atoms with E-state index in [2.05, 4.69) is 0 Å². The first-order chi connectivity index (χ1) is 8.68. The molecule has 2 saturated heterocycles. The van der Waals surface area contributed by atoms with E-state index in [-0.39, 0.29) is 11.9 Å². The second-order valence-electron chi connectivity index (χ2n) is 4.86. The van der Waals surface area contributed by atoms with Crippen LogP contribution in [-0.2, 0) is 4.79 Å². The van der Waals surface area contributed by atoms with E-state index in [1.54, 1.807) is 4.90 Å². The summed E-state index contributed by atoms with van der Waals surface area (Å²) in [6, 6.07) is 0.0310. The molecule has 2 heterocycles. The van der Waals surface area contributed by atoms with Gasteiger partial charge in [-0.2, -0.15) is 11.8 Å². The summed E-state index contributed by atoms with van der Waals surface area (Å²) < 4.78 is 0. The number of piperidine rings is 1. The number of likely N-dealkylation sites (tertiary alicyclic amines) is 1. The maximum absolute atomic E-state index is 12.3. The number of thioether (sulfide) groups is 1. The highest BCUT2D eigenvalue weighted by Crippen LogP contribution is 2.19. The van der Waals surface area contributed by atoms with Crippen molar-refractivity contribution >= 4 is 23.8 Å². The summed E-state index contributed by atoms with van der Waals surface area (Å²) in [5, 5.41) is 9.04. The van der Waals surface area contributed by atoms with Gasteiger partial charge in [0, 0.05) is 31.9 Å². The Labute approximate surface area is 112 Å². The summed E-state index contributed by atoms with van der Waals surface area (Å²) in [5.74, 6) is 0.937. The molecule has 0 radical (unpaired) electrons. The lowest BCUT2D eigenvalue weighted by Crippen LogP contribution is -2.49. The molecule has 0 aliphatic carbocycles. The molecular formula is C12H20N2O3S. The molecule has 0 spiro atoms. The Hall–Kier alpha value is -0.910. The molecule has 0 saturated carbocycles. The zero-order valence-corrected chi connectivity index (χ0v) is 11.3. The van der Waals surface area contributed by atoms with Crippen LogP contribution in [0.5, 0.6) is 0 Å². The van der Waals surface area contributed by atoms with Gasteiger partial charge in [-0.3, -0.25) is 4.79 Å². The SMILES string of the molecule is O=C(O)[C@H]1CCCN(C(=O)N2CCCSCC2)C1. The first-order valence-electron chi connectivity index (χ1n) is 6.53. The molecule has 0 bridgehead atoms. The molecule has 1 N–H and O–H groups in total. The van der Waals surface area contributed by atoms with Gasteiger partial charge in [-0.05, 0) is 25.0 Å². The van der Waals surface area contributed by atoms with Gasteiger partial charge in [-0.1, -0.05) is 0 Å². The molecule has 2 fully saturated rings. The van der Waals surface area contributed by atoms with Crippen LogP contribution in [0, 0.1) is 5.92 Å². The minimum absolute atomic E-state index is 0.0310. The van der Waals surface area contributed by atoms with Crippen LogP contribution in [0.1, 0.15) is 19.3 Å². The van der Waals surface area contributed by atoms with Gasteiger partial charge in [0.1, 0.15) is 0 Å². The standard InChI is InChI=1S/C12H20N2O3S/c15-11(16)10-3-1-4-14(9-10)12(17)13-5-2-7-18-8-6-13/h10H,1-9H2,(H,15,16)/t10-/m0/s1. The minimum atomic E-state index is -0.779. The number of carbonyl (C=O) groups excluding carboxylic acids is 1. The first kappa shape index (κ1) is 13.5. The number of rotatable bonds is 1. The summed E-state index contributed by atoms with van der Waals surface area (Å²) >= 11 is 1.88. The molecule has 6 heteroatoms. The maximum Gasteiger partial charge on any atom is 0.320 e. The number of aliphatic carboxylic acids is 1. The second-order valence-corrected chi connectivity index (χ2v) is 6.08. The first-order valence-corrected chi connectivity index (χ1v) is 7.68. The normalized spacial score (nSPS) is 25.7. The molecule has 18 heavy (non-hydrogen) atoms. The van der Waals surface area contributed by atoms with Gasteiger partial charge in [0.05, 0.1) is 5.92 Å². The van der Waals surface area contributed by atoms with Gasteiger partial charge in [-0.25, -0.2) is 4.79 Å². The molecular weight excluding hydrogens is 252 g/mol. The average molecular weight is 272 g/mol.